The van der Waals surface area contributed by atoms with Crippen LogP contribution in [-0.4, -0.2) is 44.6 Å². The monoisotopic (exact) mass is 496 g/mol. The molecular weight excluding hydrogens is 476 g/mol. The summed E-state index contributed by atoms with van der Waals surface area (Å²) in [6, 6.07) is 15.1. The van der Waals surface area contributed by atoms with Gasteiger partial charge in [0, 0.05) is 16.4 Å². The highest BCUT2D eigenvalue weighted by atomic mass is 32.2. The van der Waals surface area contributed by atoms with Gasteiger partial charge in [-0.15, -0.1) is 0 Å². The first kappa shape index (κ1) is 22.4. The molecule has 0 bridgehead atoms. The van der Waals surface area contributed by atoms with Gasteiger partial charge in [0.25, 0.3) is 0 Å². The van der Waals surface area contributed by atoms with Gasteiger partial charge in [-0.2, -0.15) is 0 Å². The highest BCUT2D eigenvalue weighted by molar-refractivity contribution is 8.00. The molecule has 8 nitrogen and oxygen atoms in total. The zero-order valence-corrected chi connectivity index (χ0v) is 19.7. The van der Waals surface area contributed by atoms with E-state index in [1.54, 1.807) is 6.07 Å². The Labute approximate surface area is 202 Å². The fourth-order valence-electron chi connectivity index (χ4n) is 4.50. The smallest absolute Gasteiger partial charge is 0.323 e. The minimum absolute atomic E-state index is 0.275. The summed E-state index contributed by atoms with van der Waals surface area (Å²) in [5.74, 6) is -3.26. The van der Waals surface area contributed by atoms with E-state index in [0.717, 1.165) is 39.1 Å². The summed E-state index contributed by atoms with van der Waals surface area (Å²) < 4.78 is 6.19. The average molecular weight is 497 g/mol. The minimum Gasteiger partial charge on any atom is -0.489 e. The summed E-state index contributed by atoms with van der Waals surface area (Å²) in [7, 11) is 0. The van der Waals surface area contributed by atoms with E-state index in [9.17, 15) is 24.3 Å². The van der Waals surface area contributed by atoms with E-state index in [-0.39, 0.29) is 4.87 Å². The number of aromatic nitrogens is 1. The Bertz CT molecular complexity index is 1360. The SMILES string of the molecule is Cc1ccccc1COc1ccccc1[C@@H]1c2sc(=O)[nH]c2S[C@@H]2C(=O)N(CC(=O)O)C(=O)[C@H]12. The highest BCUT2D eigenvalue weighted by Crippen LogP contribution is 2.53. The number of fused-ring (bicyclic) bond motifs is 2. The molecule has 0 unspecified atom stereocenters. The maximum Gasteiger partial charge on any atom is 0.323 e. The molecule has 2 aliphatic rings. The van der Waals surface area contributed by atoms with Crippen molar-refractivity contribution in [3.8, 4) is 5.75 Å². The topological polar surface area (TPSA) is 117 Å². The number of thiazole rings is 1. The number of benzene rings is 2. The standard InChI is InChI=1S/C24H20N2O6S2/c1-12-6-2-3-7-13(12)11-32-15-9-5-4-8-14(15)17-18-20(33-21-19(17)34-24(31)25-21)23(30)26(22(18)29)10-16(27)28/h2-9,17-18,20H,10-11H2,1H3,(H,25,31)(H,27,28)/t17-,18+,20-/m0/s1. The third-order valence-electron chi connectivity index (χ3n) is 6.11. The Kier molecular flexibility index (Phi) is 5.78. The summed E-state index contributed by atoms with van der Waals surface area (Å²) in [5.41, 5.74) is 2.78. The van der Waals surface area contributed by atoms with E-state index in [4.69, 9.17) is 4.74 Å². The molecule has 0 saturated carbocycles. The van der Waals surface area contributed by atoms with Crippen LogP contribution in [0.4, 0.5) is 0 Å². The van der Waals surface area contributed by atoms with Crippen molar-refractivity contribution >= 4 is 40.9 Å². The fourth-order valence-corrected chi connectivity index (χ4v) is 7.02. The molecule has 5 rings (SSSR count). The normalized spacial score (nSPS) is 21.3. The fraction of sp³-hybridized carbons (Fsp3) is 0.250. The van der Waals surface area contributed by atoms with Crippen LogP contribution in [0.15, 0.2) is 58.4 Å². The Morgan fingerprint density at radius 1 is 1.09 bits per heavy atom. The lowest BCUT2D eigenvalue weighted by atomic mass is 9.82. The molecule has 0 aliphatic carbocycles. The van der Waals surface area contributed by atoms with Crippen LogP contribution in [0.2, 0.25) is 0 Å². The van der Waals surface area contributed by atoms with Crippen molar-refractivity contribution in [2.45, 2.75) is 29.7 Å². The summed E-state index contributed by atoms with van der Waals surface area (Å²) in [4.78, 5) is 53.8. The lowest BCUT2D eigenvalue weighted by molar-refractivity contribution is -0.149. The predicted molar refractivity (Wildman–Crippen MR) is 126 cm³/mol. The molecule has 2 N–H and O–H groups in total. The van der Waals surface area contributed by atoms with Crippen LogP contribution >= 0.6 is 23.1 Å². The van der Waals surface area contributed by atoms with Gasteiger partial charge < -0.3 is 14.8 Å². The molecular formula is C24H20N2O6S2. The van der Waals surface area contributed by atoms with Crippen LogP contribution in [0.3, 0.4) is 0 Å². The Morgan fingerprint density at radius 2 is 1.82 bits per heavy atom. The molecule has 10 heteroatoms. The summed E-state index contributed by atoms with van der Waals surface area (Å²) in [6.45, 7) is 1.62. The second kappa shape index (κ2) is 8.77. The Morgan fingerprint density at radius 3 is 2.59 bits per heavy atom. The number of carboxylic acid groups (broad SMARTS) is 1. The molecule has 0 radical (unpaired) electrons. The number of amides is 2. The largest absolute Gasteiger partial charge is 0.489 e. The van der Waals surface area contributed by atoms with Gasteiger partial charge in [-0.05, 0) is 24.1 Å². The van der Waals surface area contributed by atoms with Gasteiger partial charge in [-0.1, -0.05) is 65.6 Å². The maximum atomic E-state index is 13.3. The second-order valence-electron chi connectivity index (χ2n) is 8.16. The van der Waals surface area contributed by atoms with Gasteiger partial charge in [0.1, 0.15) is 24.2 Å². The van der Waals surface area contributed by atoms with E-state index >= 15 is 0 Å². The van der Waals surface area contributed by atoms with Gasteiger partial charge in [-0.25, -0.2) is 0 Å². The quantitative estimate of drug-likeness (QED) is 0.504. The zero-order valence-electron chi connectivity index (χ0n) is 18.0. The number of para-hydroxylation sites is 1. The van der Waals surface area contributed by atoms with Gasteiger partial charge in [-0.3, -0.25) is 24.1 Å². The number of hydrogen-bond donors (Lipinski definition) is 2. The van der Waals surface area contributed by atoms with Crippen molar-refractivity contribution < 1.29 is 24.2 Å². The molecule has 3 atom stereocenters. The zero-order chi connectivity index (χ0) is 24.0. The number of thioether (sulfide) groups is 1. The van der Waals surface area contributed by atoms with Gasteiger partial charge in [0.2, 0.25) is 11.8 Å². The van der Waals surface area contributed by atoms with Crippen LogP contribution in [-0.2, 0) is 21.0 Å². The molecule has 174 valence electrons. The van der Waals surface area contributed by atoms with Crippen molar-refractivity contribution in [1.82, 2.24) is 9.88 Å². The van der Waals surface area contributed by atoms with Crippen LogP contribution in [0.25, 0.3) is 0 Å². The lowest BCUT2D eigenvalue weighted by Crippen LogP contribution is -2.36. The molecule has 1 fully saturated rings. The third kappa shape index (κ3) is 3.82. The number of aryl methyl sites for hydroxylation is 1. The van der Waals surface area contributed by atoms with Crippen LogP contribution in [0.5, 0.6) is 5.75 Å². The molecule has 2 amide bonds. The number of imide groups is 1. The van der Waals surface area contributed by atoms with E-state index in [1.165, 1.54) is 0 Å². The minimum atomic E-state index is -1.26. The van der Waals surface area contributed by atoms with E-state index in [2.05, 4.69) is 4.98 Å². The molecule has 2 aliphatic heterocycles. The molecule has 3 heterocycles. The van der Waals surface area contributed by atoms with Gasteiger partial charge >= 0.3 is 10.8 Å². The summed E-state index contributed by atoms with van der Waals surface area (Å²) in [5, 5.41) is 8.94. The molecule has 3 aromatic rings. The number of ether oxygens (including phenoxy) is 1. The third-order valence-corrected chi connectivity index (χ3v) is 8.51. The van der Waals surface area contributed by atoms with E-state index in [1.807, 2.05) is 49.4 Å². The molecule has 0 spiro atoms. The first-order valence-corrected chi connectivity index (χ1v) is 12.3. The Hall–Kier alpha value is -3.37. The van der Waals surface area contributed by atoms with Gasteiger partial charge in [0.15, 0.2) is 0 Å². The van der Waals surface area contributed by atoms with Crippen molar-refractivity contribution in [3.63, 3.8) is 0 Å². The first-order chi connectivity index (χ1) is 16.3. The number of hydrogen-bond acceptors (Lipinski definition) is 7. The van der Waals surface area contributed by atoms with Crippen molar-refractivity contribution in [1.29, 1.82) is 0 Å². The summed E-state index contributed by atoms with van der Waals surface area (Å²) >= 11 is 2.12. The number of likely N-dealkylation sites (tertiary alicyclic amines) is 1. The van der Waals surface area contributed by atoms with Crippen LogP contribution in [0.1, 0.15) is 27.5 Å². The number of rotatable bonds is 6. The molecule has 1 saturated heterocycles. The van der Waals surface area contributed by atoms with Crippen LogP contribution in [0, 0.1) is 12.8 Å². The predicted octanol–water partition coefficient (Wildman–Crippen LogP) is 3.00. The molecule has 34 heavy (non-hydrogen) atoms. The second-order valence-corrected chi connectivity index (χ2v) is 10.3. The number of nitrogens with zero attached hydrogens (tertiary/aromatic N) is 1. The summed E-state index contributed by atoms with van der Waals surface area (Å²) in [6.07, 6.45) is 0. The lowest BCUT2D eigenvalue weighted by Gasteiger charge is -2.31. The number of carbonyl (C=O) groups excluding carboxylic acids is 2. The number of aliphatic carboxylic acids is 1. The molecule has 2 aromatic carbocycles. The number of nitrogens with one attached hydrogen (secondary N) is 1. The maximum absolute atomic E-state index is 13.3. The number of aromatic amines is 1. The number of carboxylic acids is 1. The van der Waals surface area contributed by atoms with E-state index in [0.29, 0.717) is 27.8 Å². The van der Waals surface area contributed by atoms with E-state index < -0.39 is 41.4 Å². The highest BCUT2D eigenvalue weighted by Gasteiger charge is 2.56. The Balaban J connectivity index is 1.57. The number of carbonyl (C=O) groups is 3. The number of H-pyrrole nitrogens is 1. The first-order valence-electron chi connectivity index (χ1n) is 10.6. The molecule has 1 aromatic heterocycles. The van der Waals surface area contributed by atoms with Crippen LogP contribution < -0.4 is 9.61 Å². The van der Waals surface area contributed by atoms with Gasteiger partial charge in [0.05, 0.1) is 10.9 Å². The van der Waals surface area contributed by atoms with Crippen molar-refractivity contribution in [2.75, 3.05) is 6.54 Å². The average Bonchev–Trinajstić information content (AvgIpc) is 3.29. The van der Waals surface area contributed by atoms with Crippen molar-refractivity contribution in [3.05, 3.63) is 79.8 Å². The van der Waals surface area contributed by atoms with Crippen molar-refractivity contribution in [2.24, 2.45) is 5.92 Å².